The van der Waals surface area contributed by atoms with Gasteiger partial charge in [0.25, 0.3) is 11.1 Å². The number of hydrogen-bond donors (Lipinski definition) is 2. The highest BCUT2D eigenvalue weighted by molar-refractivity contribution is 7.99. The average molecular weight is 796 g/mol. The molecule has 0 spiro atoms. The van der Waals surface area contributed by atoms with Crippen molar-refractivity contribution in [1.82, 2.24) is 15.2 Å². The second kappa shape index (κ2) is 18.0. The predicted molar refractivity (Wildman–Crippen MR) is 217 cm³/mol. The van der Waals surface area contributed by atoms with Crippen LogP contribution >= 0.6 is 11.8 Å². The number of thioether (sulfide) groups is 1. The Kier molecular flexibility index (Phi) is 12.1. The van der Waals surface area contributed by atoms with Crippen LogP contribution in [0.3, 0.4) is 0 Å². The Labute approximate surface area is 340 Å². The van der Waals surface area contributed by atoms with Crippen molar-refractivity contribution >= 4 is 29.7 Å². The number of ether oxygens (including phenoxy) is 3. The van der Waals surface area contributed by atoms with Crippen LogP contribution in [0, 0.1) is 0 Å². The van der Waals surface area contributed by atoms with Gasteiger partial charge in [-0.25, -0.2) is 9.78 Å². The van der Waals surface area contributed by atoms with E-state index >= 15 is 0 Å². The van der Waals surface area contributed by atoms with E-state index in [-0.39, 0.29) is 44.3 Å². The Morgan fingerprint density at radius 3 is 2.10 bits per heavy atom. The number of imide groups is 1. The summed E-state index contributed by atoms with van der Waals surface area (Å²) in [6.07, 6.45) is -1.60. The van der Waals surface area contributed by atoms with Gasteiger partial charge in [0.1, 0.15) is 18.3 Å². The van der Waals surface area contributed by atoms with E-state index in [0.717, 1.165) is 49.5 Å². The van der Waals surface area contributed by atoms with Gasteiger partial charge < -0.3 is 29.1 Å². The van der Waals surface area contributed by atoms with E-state index in [1.807, 2.05) is 140 Å². The number of alkyl carbamates (subject to hydrolysis) is 1. The number of benzene rings is 5. The number of rotatable bonds is 13. The molecule has 2 aliphatic rings. The van der Waals surface area contributed by atoms with Crippen molar-refractivity contribution in [2.75, 3.05) is 5.75 Å². The topological polar surface area (TPSA) is 140 Å². The lowest BCUT2D eigenvalue weighted by Gasteiger charge is -2.36. The van der Waals surface area contributed by atoms with E-state index in [1.54, 1.807) is 0 Å². The van der Waals surface area contributed by atoms with Crippen molar-refractivity contribution in [3.63, 3.8) is 0 Å². The molecule has 6 aromatic rings. The summed E-state index contributed by atoms with van der Waals surface area (Å²) in [5.41, 5.74) is 6.74. The van der Waals surface area contributed by atoms with Gasteiger partial charge in [-0.05, 0) is 22.3 Å². The van der Waals surface area contributed by atoms with Crippen LogP contribution in [0.4, 0.5) is 4.79 Å². The van der Waals surface area contributed by atoms with E-state index in [4.69, 9.17) is 23.6 Å². The van der Waals surface area contributed by atoms with Crippen molar-refractivity contribution in [3.8, 4) is 22.6 Å². The second-order valence-corrected chi connectivity index (χ2v) is 15.0. The molecule has 2 N–H and O–H groups in total. The summed E-state index contributed by atoms with van der Waals surface area (Å²) in [6, 6.07) is 43.2. The minimum atomic E-state index is -0.997. The van der Waals surface area contributed by atoms with Gasteiger partial charge in [-0.2, -0.15) is 0 Å². The molecule has 4 atom stereocenters. The van der Waals surface area contributed by atoms with E-state index in [0.29, 0.717) is 23.2 Å². The van der Waals surface area contributed by atoms with Gasteiger partial charge in [0.15, 0.2) is 12.1 Å². The summed E-state index contributed by atoms with van der Waals surface area (Å²) in [5, 5.41) is 12.7. The third-order valence-electron chi connectivity index (χ3n) is 10.0. The number of nitrogens with zero attached hydrogens (tertiary/aromatic N) is 2. The van der Waals surface area contributed by atoms with E-state index in [9.17, 15) is 19.5 Å². The third kappa shape index (κ3) is 9.22. The van der Waals surface area contributed by atoms with Crippen molar-refractivity contribution in [2.45, 2.75) is 62.4 Å². The minimum Gasteiger partial charge on any atom is -0.445 e. The average Bonchev–Trinajstić information content (AvgIpc) is 3.82. The molecule has 2 fully saturated rings. The number of carbonyl (C=O) groups excluding carboxylic acids is 3. The fourth-order valence-corrected chi connectivity index (χ4v) is 7.80. The third-order valence-corrected chi connectivity index (χ3v) is 11.0. The van der Waals surface area contributed by atoms with Crippen molar-refractivity contribution in [2.24, 2.45) is 0 Å². The number of amides is 3. The first-order valence-corrected chi connectivity index (χ1v) is 20.0. The molecule has 5 aromatic carbocycles. The molecule has 0 radical (unpaired) electrons. The SMILES string of the molecule is O=C(NC1CC(=O)N(Cc2ccc([C@@H]3O[C@H](CSc4nc(-c5ccccc5)c(-c5ccccc5)o4)C[C@H](c4ccc(CO)cc4)O3)cc2)C1=O)OCc1ccccc1. The zero-order valence-electron chi connectivity index (χ0n) is 31.4. The molecular formula is C46H41N3O8S. The first-order valence-electron chi connectivity index (χ1n) is 19.1. The van der Waals surface area contributed by atoms with Gasteiger partial charge in [-0.1, -0.05) is 151 Å². The summed E-state index contributed by atoms with van der Waals surface area (Å²) in [7, 11) is 0. The molecule has 12 heteroatoms. The summed E-state index contributed by atoms with van der Waals surface area (Å²) in [4.78, 5) is 44.6. The zero-order chi connectivity index (χ0) is 39.8. The number of aliphatic hydroxyl groups is 1. The number of likely N-dealkylation sites (tertiary alicyclic amines) is 1. The van der Waals surface area contributed by atoms with E-state index in [1.165, 1.54) is 11.8 Å². The molecule has 8 rings (SSSR count). The van der Waals surface area contributed by atoms with Crippen LogP contribution < -0.4 is 5.32 Å². The number of carbonyl (C=O) groups is 3. The molecule has 0 bridgehead atoms. The monoisotopic (exact) mass is 795 g/mol. The molecule has 3 heterocycles. The standard InChI is InChI=1S/C46H41N3O8S/c50-27-31-18-20-33(21-19-31)39-24-37(29-58-46-48-41(34-12-6-2-7-13-34)42(57-46)35-14-8-3-9-15-35)55-44(56-39)36-22-16-30(17-23-36)26-49-40(51)25-38(43(49)52)47-45(53)54-28-32-10-4-1-5-11-32/h1-23,37-39,44,50H,24-29H2,(H,47,53)/t37-,38?,39+,44+/m0/s1. The number of aliphatic hydroxyl groups excluding tert-OH is 1. The lowest BCUT2D eigenvalue weighted by atomic mass is 10.0. The number of aromatic nitrogens is 1. The maximum Gasteiger partial charge on any atom is 0.408 e. The Morgan fingerprint density at radius 1 is 0.776 bits per heavy atom. The van der Waals surface area contributed by atoms with E-state index in [2.05, 4.69) is 5.32 Å². The minimum absolute atomic E-state index is 0.0484. The van der Waals surface area contributed by atoms with Gasteiger partial charge in [0, 0.05) is 28.9 Å². The lowest BCUT2D eigenvalue weighted by Crippen LogP contribution is -2.41. The Hall–Kier alpha value is -6.05. The molecule has 58 heavy (non-hydrogen) atoms. The maximum absolute atomic E-state index is 13.2. The molecular weight excluding hydrogens is 755 g/mol. The van der Waals surface area contributed by atoms with Crippen LogP contribution in [-0.4, -0.2) is 50.8 Å². The first-order chi connectivity index (χ1) is 28.4. The second-order valence-electron chi connectivity index (χ2n) is 14.1. The number of hydrogen-bond acceptors (Lipinski definition) is 10. The molecule has 2 saturated heterocycles. The maximum atomic E-state index is 13.2. The van der Waals surface area contributed by atoms with Crippen LogP contribution in [0.15, 0.2) is 149 Å². The van der Waals surface area contributed by atoms with Crippen molar-refractivity contribution in [3.05, 3.63) is 167 Å². The zero-order valence-corrected chi connectivity index (χ0v) is 32.3. The van der Waals surface area contributed by atoms with Crippen LogP contribution in [0.5, 0.6) is 0 Å². The Balaban J connectivity index is 0.945. The van der Waals surface area contributed by atoms with Gasteiger partial charge in [-0.3, -0.25) is 14.5 Å². The summed E-state index contributed by atoms with van der Waals surface area (Å²) < 4.78 is 24.8. The highest BCUT2D eigenvalue weighted by atomic mass is 32.2. The van der Waals surface area contributed by atoms with Crippen LogP contribution in [-0.2, 0) is 43.6 Å². The fraction of sp³-hybridized carbons (Fsp3) is 0.217. The van der Waals surface area contributed by atoms with Crippen molar-refractivity contribution < 1.29 is 38.1 Å². The molecule has 1 unspecified atom stereocenters. The predicted octanol–water partition coefficient (Wildman–Crippen LogP) is 8.39. The largest absolute Gasteiger partial charge is 0.445 e. The van der Waals surface area contributed by atoms with Crippen molar-refractivity contribution in [1.29, 1.82) is 0 Å². The van der Waals surface area contributed by atoms with Crippen LogP contribution in [0.2, 0.25) is 0 Å². The summed E-state index contributed by atoms with van der Waals surface area (Å²) in [5.74, 6) is 0.375. The molecule has 1 aromatic heterocycles. The van der Waals surface area contributed by atoms with Gasteiger partial charge in [-0.15, -0.1) is 0 Å². The molecule has 294 valence electrons. The highest BCUT2D eigenvalue weighted by Crippen LogP contribution is 2.41. The van der Waals surface area contributed by atoms with Gasteiger partial charge >= 0.3 is 6.09 Å². The fourth-order valence-electron chi connectivity index (χ4n) is 6.96. The van der Waals surface area contributed by atoms with Gasteiger partial charge in [0.2, 0.25) is 5.91 Å². The number of nitrogens with one attached hydrogen (secondary N) is 1. The molecule has 11 nitrogen and oxygen atoms in total. The highest BCUT2D eigenvalue weighted by Gasteiger charge is 2.40. The van der Waals surface area contributed by atoms with E-state index < -0.39 is 24.3 Å². The molecule has 2 aliphatic heterocycles. The Bertz CT molecular complexity index is 2270. The summed E-state index contributed by atoms with van der Waals surface area (Å²) in [6.45, 7) is 0.0454. The quantitative estimate of drug-likeness (QED) is 0.0865. The normalized spacial score (nSPS) is 19.3. The first kappa shape index (κ1) is 38.8. The van der Waals surface area contributed by atoms with Gasteiger partial charge in [0.05, 0.1) is 31.8 Å². The number of oxazole rings is 1. The molecule has 0 saturated carbocycles. The molecule has 0 aliphatic carbocycles. The van der Waals surface area contributed by atoms with Crippen LogP contribution in [0.25, 0.3) is 22.6 Å². The molecule has 3 amide bonds. The summed E-state index contributed by atoms with van der Waals surface area (Å²) >= 11 is 1.48. The van der Waals surface area contributed by atoms with Crippen LogP contribution in [0.1, 0.15) is 53.1 Å². The lowest BCUT2D eigenvalue weighted by molar-refractivity contribution is -0.245. The Morgan fingerprint density at radius 2 is 1.41 bits per heavy atom. The smallest absolute Gasteiger partial charge is 0.408 e.